The first kappa shape index (κ1) is 22.9. The summed E-state index contributed by atoms with van der Waals surface area (Å²) in [7, 11) is 1.80. The molecule has 0 amide bonds. The summed E-state index contributed by atoms with van der Waals surface area (Å²) in [5.41, 5.74) is 10.3. The van der Waals surface area contributed by atoms with E-state index in [1.165, 1.54) is 0 Å². The van der Waals surface area contributed by atoms with E-state index in [4.69, 9.17) is 15.2 Å². The van der Waals surface area contributed by atoms with E-state index in [9.17, 15) is 15.3 Å². The van der Waals surface area contributed by atoms with Crippen molar-refractivity contribution in [3.05, 3.63) is 81.8 Å². The highest BCUT2D eigenvalue weighted by atomic mass is 16.5. The Bertz CT molecular complexity index is 1280. The summed E-state index contributed by atoms with van der Waals surface area (Å²) >= 11 is 0. The van der Waals surface area contributed by atoms with Gasteiger partial charge in [-0.15, -0.1) is 0 Å². The van der Waals surface area contributed by atoms with Gasteiger partial charge in [0, 0.05) is 30.3 Å². The molecule has 0 saturated carbocycles. The molecule has 0 bridgehead atoms. The number of carbonyl (C=O) groups excluding carboxylic acids is 1. The zero-order chi connectivity index (χ0) is 24.2. The maximum Gasteiger partial charge on any atom is 0.161 e. The summed E-state index contributed by atoms with van der Waals surface area (Å²) < 4.78 is 11.9. The fourth-order valence-electron chi connectivity index (χ4n) is 4.60. The zero-order valence-electron chi connectivity index (χ0n) is 19.3. The molecule has 34 heavy (non-hydrogen) atoms. The Labute approximate surface area is 199 Å². The minimum Gasteiger partial charge on any atom is -0.490 e. The van der Waals surface area contributed by atoms with E-state index in [-0.39, 0.29) is 12.4 Å². The van der Waals surface area contributed by atoms with Crippen LogP contribution in [0, 0.1) is 22.7 Å². The van der Waals surface area contributed by atoms with Gasteiger partial charge in [0.2, 0.25) is 0 Å². The lowest BCUT2D eigenvalue weighted by Crippen LogP contribution is -2.36. The Hall–Kier alpha value is -4.23. The molecule has 7 heteroatoms. The molecular weight excluding hydrogens is 428 g/mol. The monoisotopic (exact) mass is 454 g/mol. The van der Waals surface area contributed by atoms with Crippen molar-refractivity contribution in [3.63, 3.8) is 0 Å². The SMILES string of the molecule is CCOc1cc([C@@H]2C(C#N)=C(N)N(C)C3=C2C(=O)CCC3)ccc1OCc1ccccc1C#N. The molecule has 1 aliphatic carbocycles. The number of ether oxygens (including phenoxy) is 2. The Morgan fingerprint density at radius 2 is 1.88 bits per heavy atom. The van der Waals surface area contributed by atoms with E-state index in [1.54, 1.807) is 24.1 Å². The molecule has 0 unspecified atom stereocenters. The van der Waals surface area contributed by atoms with Gasteiger partial charge in [0.05, 0.1) is 35.8 Å². The highest BCUT2D eigenvalue weighted by Crippen LogP contribution is 2.45. The first-order valence-corrected chi connectivity index (χ1v) is 11.3. The molecule has 1 aliphatic heterocycles. The van der Waals surface area contributed by atoms with Crippen LogP contribution in [0.5, 0.6) is 11.5 Å². The minimum atomic E-state index is -0.545. The van der Waals surface area contributed by atoms with Crippen LogP contribution in [0.2, 0.25) is 0 Å². The average Bonchev–Trinajstić information content (AvgIpc) is 2.86. The highest BCUT2D eigenvalue weighted by Gasteiger charge is 2.38. The molecule has 0 saturated heterocycles. The van der Waals surface area contributed by atoms with Crippen LogP contribution >= 0.6 is 0 Å². The molecule has 4 rings (SSSR count). The maximum atomic E-state index is 13.0. The fraction of sp³-hybridized carbons (Fsp3) is 0.296. The van der Waals surface area contributed by atoms with Crippen molar-refractivity contribution >= 4 is 5.78 Å². The van der Waals surface area contributed by atoms with Crippen molar-refractivity contribution in [3.8, 4) is 23.6 Å². The Morgan fingerprint density at radius 3 is 2.62 bits per heavy atom. The van der Waals surface area contributed by atoms with Gasteiger partial charge in [-0.25, -0.2) is 0 Å². The summed E-state index contributed by atoms with van der Waals surface area (Å²) in [5.74, 6) is 0.897. The summed E-state index contributed by atoms with van der Waals surface area (Å²) in [4.78, 5) is 14.8. The van der Waals surface area contributed by atoms with Gasteiger partial charge in [-0.2, -0.15) is 10.5 Å². The van der Waals surface area contributed by atoms with Gasteiger partial charge in [0.25, 0.3) is 0 Å². The second kappa shape index (κ2) is 9.72. The summed E-state index contributed by atoms with van der Waals surface area (Å²) in [5, 5.41) is 19.3. The third kappa shape index (κ3) is 4.09. The van der Waals surface area contributed by atoms with Crippen LogP contribution in [-0.4, -0.2) is 24.3 Å². The Kier molecular flexibility index (Phi) is 6.56. The molecule has 2 N–H and O–H groups in total. The molecule has 1 atom stereocenters. The molecule has 2 aliphatic rings. The van der Waals surface area contributed by atoms with Crippen molar-refractivity contribution in [1.82, 2.24) is 4.90 Å². The predicted molar refractivity (Wildman–Crippen MR) is 126 cm³/mol. The topological polar surface area (TPSA) is 112 Å². The average molecular weight is 455 g/mol. The van der Waals surface area contributed by atoms with Gasteiger partial charge in [-0.1, -0.05) is 24.3 Å². The molecule has 0 fully saturated rings. The number of nitrogens with zero attached hydrogens (tertiary/aromatic N) is 3. The molecule has 7 nitrogen and oxygen atoms in total. The summed E-state index contributed by atoms with van der Waals surface area (Å²) in [6.07, 6.45) is 1.97. The molecule has 1 heterocycles. The molecule has 0 aromatic heterocycles. The van der Waals surface area contributed by atoms with E-state index >= 15 is 0 Å². The number of hydrogen-bond donors (Lipinski definition) is 1. The quantitative estimate of drug-likeness (QED) is 0.694. The highest BCUT2D eigenvalue weighted by molar-refractivity contribution is 5.99. The van der Waals surface area contributed by atoms with Gasteiger partial charge in [-0.05, 0) is 43.5 Å². The predicted octanol–water partition coefficient (Wildman–Crippen LogP) is 4.27. The third-order valence-electron chi connectivity index (χ3n) is 6.29. The molecular formula is C27H26N4O3. The lowest BCUT2D eigenvalue weighted by Gasteiger charge is -2.37. The van der Waals surface area contributed by atoms with Crippen LogP contribution in [-0.2, 0) is 11.4 Å². The van der Waals surface area contributed by atoms with Crippen molar-refractivity contribution < 1.29 is 14.3 Å². The second-order valence-corrected chi connectivity index (χ2v) is 8.24. The first-order valence-electron chi connectivity index (χ1n) is 11.3. The van der Waals surface area contributed by atoms with E-state index in [2.05, 4.69) is 12.1 Å². The molecule has 0 radical (unpaired) electrons. The lowest BCUT2D eigenvalue weighted by atomic mass is 9.76. The van der Waals surface area contributed by atoms with Crippen molar-refractivity contribution in [2.24, 2.45) is 5.73 Å². The van der Waals surface area contributed by atoms with Crippen LogP contribution in [0.15, 0.2) is 65.1 Å². The zero-order valence-corrected chi connectivity index (χ0v) is 19.3. The van der Waals surface area contributed by atoms with Gasteiger partial charge in [0.1, 0.15) is 12.4 Å². The lowest BCUT2D eigenvalue weighted by molar-refractivity contribution is -0.116. The van der Waals surface area contributed by atoms with E-state index in [0.717, 1.165) is 29.7 Å². The Morgan fingerprint density at radius 1 is 1.09 bits per heavy atom. The number of ketones is 1. The molecule has 172 valence electrons. The van der Waals surface area contributed by atoms with Crippen LogP contribution < -0.4 is 15.2 Å². The van der Waals surface area contributed by atoms with Gasteiger partial charge >= 0.3 is 0 Å². The van der Waals surface area contributed by atoms with Gasteiger partial charge < -0.3 is 20.1 Å². The number of rotatable bonds is 6. The van der Waals surface area contributed by atoms with Gasteiger partial charge in [0.15, 0.2) is 17.3 Å². The van der Waals surface area contributed by atoms with Crippen molar-refractivity contribution in [2.75, 3.05) is 13.7 Å². The molecule has 0 spiro atoms. The van der Waals surface area contributed by atoms with Crippen LogP contribution in [0.25, 0.3) is 0 Å². The molecule has 2 aromatic carbocycles. The Balaban J connectivity index is 1.73. The second-order valence-electron chi connectivity index (χ2n) is 8.24. The van der Waals surface area contributed by atoms with Crippen LogP contribution in [0.1, 0.15) is 48.8 Å². The standard InChI is InChI=1S/C27H26N4O3/c1-3-33-24-13-17(11-12-23(24)34-16-19-8-5-4-7-18(19)14-28)25-20(15-29)27(30)31(2)21-9-6-10-22(32)26(21)25/h4-5,7-8,11-13,25H,3,6,9-10,16,30H2,1-2H3/t25-/m1/s1. The number of hydrogen-bond acceptors (Lipinski definition) is 7. The fourth-order valence-corrected chi connectivity index (χ4v) is 4.60. The normalized spacial score (nSPS) is 17.7. The van der Waals surface area contributed by atoms with Crippen molar-refractivity contribution in [2.45, 2.75) is 38.7 Å². The number of carbonyl (C=O) groups is 1. The van der Waals surface area contributed by atoms with Crippen LogP contribution in [0.3, 0.4) is 0 Å². The number of nitriles is 2. The number of benzene rings is 2. The number of allylic oxidation sites excluding steroid dienone is 3. The largest absolute Gasteiger partial charge is 0.490 e. The first-order chi connectivity index (χ1) is 16.5. The smallest absolute Gasteiger partial charge is 0.161 e. The van der Waals surface area contributed by atoms with E-state index in [0.29, 0.717) is 47.1 Å². The molecule has 2 aromatic rings. The van der Waals surface area contributed by atoms with E-state index in [1.807, 2.05) is 37.3 Å². The third-order valence-corrected chi connectivity index (χ3v) is 6.29. The maximum absolute atomic E-state index is 13.0. The van der Waals surface area contributed by atoms with Crippen molar-refractivity contribution in [1.29, 1.82) is 10.5 Å². The van der Waals surface area contributed by atoms with E-state index < -0.39 is 5.92 Å². The van der Waals surface area contributed by atoms with Gasteiger partial charge in [-0.3, -0.25) is 4.79 Å². The van der Waals surface area contributed by atoms with Crippen LogP contribution in [0.4, 0.5) is 0 Å². The number of Topliss-reactive ketones (excluding diaryl/α,β-unsaturated/α-hetero) is 1. The summed E-state index contributed by atoms with van der Waals surface area (Å²) in [6, 6.07) is 17.1. The summed E-state index contributed by atoms with van der Waals surface area (Å²) in [6.45, 7) is 2.50. The number of nitrogens with two attached hydrogens (primary N) is 1. The minimum absolute atomic E-state index is 0.0461.